The molecule has 0 aromatic carbocycles. The van der Waals surface area contributed by atoms with E-state index >= 15 is 0 Å². The van der Waals surface area contributed by atoms with Gasteiger partial charge in [0.1, 0.15) is 0 Å². The SMILES string of the molecule is CCCCC=C[Si](OCCC)(OCCC)C(C)(C)[Si](C=CCCCC)(OCCC)OCCC. The zero-order valence-corrected chi connectivity index (χ0v) is 25.3. The molecule has 0 atom stereocenters. The lowest BCUT2D eigenvalue weighted by Crippen LogP contribution is -2.65. The summed E-state index contributed by atoms with van der Waals surface area (Å²) in [6, 6.07) is 0. The van der Waals surface area contributed by atoms with Crippen molar-refractivity contribution in [3.63, 3.8) is 0 Å². The van der Waals surface area contributed by atoms with Crippen molar-refractivity contribution < 1.29 is 17.7 Å². The Hall–Kier alpha value is -0.246. The Balaban J connectivity index is 6.64. The second-order valence-electron chi connectivity index (χ2n) is 9.44. The van der Waals surface area contributed by atoms with Crippen molar-refractivity contribution in [2.45, 2.75) is 124 Å². The van der Waals surface area contributed by atoms with Crippen LogP contribution in [0.5, 0.6) is 0 Å². The highest BCUT2D eigenvalue weighted by Gasteiger charge is 2.65. The molecule has 0 aliphatic heterocycles. The van der Waals surface area contributed by atoms with E-state index in [9.17, 15) is 0 Å². The molecule has 0 heterocycles. The summed E-state index contributed by atoms with van der Waals surface area (Å²) >= 11 is 0. The maximum absolute atomic E-state index is 6.79. The summed E-state index contributed by atoms with van der Waals surface area (Å²) < 4.78 is 26.8. The maximum Gasteiger partial charge on any atom is 0.372 e. The molecule has 0 radical (unpaired) electrons. The van der Waals surface area contributed by atoms with Crippen LogP contribution in [0, 0.1) is 0 Å². The number of allylic oxidation sites excluding steroid dienone is 2. The van der Waals surface area contributed by atoms with Crippen molar-refractivity contribution >= 4 is 17.1 Å². The van der Waals surface area contributed by atoms with Crippen LogP contribution in [0.1, 0.15) is 120 Å². The van der Waals surface area contributed by atoms with Gasteiger partial charge >= 0.3 is 17.1 Å². The molecule has 0 rings (SSSR count). The van der Waals surface area contributed by atoms with E-state index in [0.29, 0.717) is 26.4 Å². The monoisotopic (exact) mass is 500 g/mol. The molecule has 4 nitrogen and oxygen atoms in total. The quantitative estimate of drug-likeness (QED) is 0.110. The number of hydrogen-bond donors (Lipinski definition) is 0. The van der Waals surface area contributed by atoms with Gasteiger partial charge in [0, 0.05) is 26.4 Å². The predicted octanol–water partition coefficient (Wildman–Crippen LogP) is 8.47. The van der Waals surface area contributed by atoms with Crippen LogP contribution in [0.3, 0.4) is 0 Å². The van der Waals surface area contributed by atoms with Crippen molar-refractivity contribution in [1.29, 1.82) is 0 Å². The minimum atomic E-state index is -2.84. The Morgan fingerprint density at radius 2 is 0.818 bits per heavy atom. The van der Waals surface area contributed by atoms with Crippen LogP contribution in [0.25, 0.3) is 0 Å². The molecule has 33 heavy (non-hydrogen) atoms. The molecule has 0 amide bonds. The molecule has 0 aromatic rings. The third kappa shape index (κ3) is 10.5. The second kappa shape index (κ2) is 19.0. The van der Waals surface area contributed by atoms with Gasteiger partial charge in [-0.05, 0) is 49.9 Å². The van der Waals surface area contributed by atoms with Crippen LogP contribution in [-0.4, -0.2) is 43.5 Å². The van der Waals surface area contributed by atoms with Crippen LogP contribution in [-0.2, 0) is 17.7 Å². The number of hydrogen-bond acceptors (Lipinski definition) is 4. The Morgan fingerprint density at radius 1 is 0.515 bits per heavy atom. The highest BCUT2D eigenvalue weighted by molar-refractivity contribution is 6.95. The molecule has 0 aliphatic rings. The van der Waals surface area contributed by atoms with Crippen molar-refractivity contribution in [3.8, 4) is 0 Å². The molecule has 196 valence electrons. The van der Waals surface area contributed by atoms with Gasteiger partial charge in [-0.2, -0.15) is 0 Å². The molecule has 0 unspecified atom stereocenters. The van der Waals surface area contributed by atoms with E-state index in [2.05, 4.69) is 78.9 Å². The third-order valence-electron chi connectivity index (χ3n) is 5.95. The molecule has 0 saturated heterocycles. The molecule has 0 fully saturated rings. The maximum atomic E-state index is 6.79. The summed E-state index contributed by atoms with van der Waals surface area (Å²) in [6.07, 6.45) is 15.3. The van der Waals surface area contributed by atoms with E-state index in [1.807, 2.05) is 0 Å². The van der Waals surface area contributed by atoms with E-state index in [0.717, 1.165) is 38.5 Å². The van der Waals surface area contributed by atoms with Crippen molar-refractivity contribution in [3.05, 3.63) is 23.6 Å². The number of rotatable bonds is 22. The lowest BCUT2D eigenvalue weighted by molar-refractivity contribution is 0.131. The summed E-state index contributed by atoms with van der Waals surface area (Å²) in [5.41, 5.74) is 4.64. The van der Waals surface area contributed by atoms with E-state index < -0.39 is 17.1 Å². The van der Waals surface area contributed by atoms with Crippen LogP contribution in [0.2, 0.25) is 4.66 Å². The van der Waals surface area contributed by atoms with Crippen molar-refractivity contribution in [2.24, 2.45) is 0 Å². The summed E-state index contributed by atoms with van der Waals surface area (Å²) in [4.78, 5) is 0. The van der Waals surface area contributed by atoms with Gasteiger partial charge in [0.15, 0.2) is 0 Å². The van der Waals surface area contributed by atoms with E-state index in [4.69, 9.17) is 17.7 Å². The average Bonchev–Trinajstić information content (AvgIpc) is 2.81. The zero-order chi connectivity index (χ0) is 25.1. The molecule has 0 aliphatic carbocycles. The molecule has 0 saturated carbocycles. The molecule has 6 heteroatoms. The summed E-state index contributed by atoms with van der Waals surface area (Å²) in [5.74, 6) is 0. The molecule has 0 aromatic heterocycles. The Morgan fingerprint density at radius 3 is 1.06 bits per heavy atom. The second-order valence-corrected chi connectivity index (χ2v) is 16.9. The summed E-state index contributed by atoms with van der Waals surface area (Å²) in [5, 5.41) is 0. The highest BCUT2D eigenvalue weighted by Crippen LogP contribution is 2.49. The lowest BCUT2D eigenvalue weighted by Gasteiger charge is -2.49. The molecule has 0 bridgehead atoms. The average molecular weight is 501 g/mol. The van der Waals surface area contributed by atoms with Crippen LogP contribution in [0.15, 0.2) is 23.6 Å². The first-order valence-electron chi connectivity index (χ1n) is 13.8. The molecule has 0 spiro atoms. The fraction of sp³-hybridized carbons (Fsp3) is 0.852. The van der Waals surface area contributed by atoms with Gasteiger partial charge in [0.2, 0.25) is 0 Å². The topological polar surface area (TPSA) is 36.9 Å². The van der Waals surface area contributed by atoms with Gasteiger partial charge in [-0.3, -0.25) is 0 Å². The van der Waals surface area contributed by atoms with Gasteiger partial charge in [-0.25, -0.2) is 0 Å². The van der Waals surface area contributed by atoms with Gasteiger partial charge in [0.25, 0.3) is 0 Å². The van der Waals surface area contributed by atoms with Crippen molar-refractivity contribution in [2.75, 3.05) is 26.4 Å². The lowest BCUT2D eigenvalue weighted by atomic mass is 10.2. The van der Waals surface area contributed by atoms with Gasteiger partial charge in [-0.15, -0.1) is 0 Å². The Bertz CT molecular complexity index is 460. The van der Waals surface area contributed by atoms with Gasteiger partial charge in [-0.1, -0.05) is 93.2 Å². The van der Waals surface area contributed by atoms with E-state index in [1.54, 1.807) is 0 Å². The first-order chi connectivity index (χ1) is 15.9. The predicted molar refractivity (Wildman–Crippen MR) is 148 cm³/mol. The summed E-state index contributed by atoms with van der Waals surface area (Å²) in [6.45, 7) is 20.5. The minimum Gasteiger partial charge on any atom is -0.391 e. The van der Waals surface area contributed by atoms with Crippen molar-refractivity contribution in [1.82, 2.24) is 0 Å². The fourth-order valence-corrected chi connectivity index (χ4v) is 12.9. The molecule has 0 N–H and O–H groups in total. The largest absolute Gasteiger partial charge is 0.391 e. The van der Waals surface area contributed by atoms with Gasteiger partial charge < -0.3 is 17.7 Å². The zero-order valence-electron chi connectivity index (χ0n) is 23.3. The van der Waals surface area contributed by atoms with Crippen LogP contribution >= 0.6 is 0 Å². The molecular weight excluding hydrogens is 444 g/mol. The minimum absolute atomic E-state index is 0.361. The van der Waals surface area contributed by atoms with Crippen LogP contribution in [0.4, 0.5) is 0 Å². The van der Waals surface area contributed by atoms with E-state index in [-0.39, 0.29) is 4.66 Å². The van der Waals surface area contributed by atoms with Gasteiger partial charge in [0.05, 0.1) is 4.66 Å². The first kappa shape index (κ1) is 32.8. The normalized spacial score (nSPS) is 13.6. The Kier molecular flexibility index (Phi) is 18.9. The van der Waals surface area contributed by atoms with Crippen LogP contribution < -0.4 is 0 Å². The standard InChI is InChI=1S/C27H56O4Si2/c1-9-15-17-19-25-32(28-21-11-3,29-22-12-4)27(7,8)33(30-23-13-5,31-24-14-6)26-20-18-16-10-2/h19-20,25-26H,9-18,21-24H2,1-8H3. The highest BCUT2D eigenvalue weighted by atomic mass is 28.4. The smallest absolute Gasteiger partial charge is 0.372 e. The third-order valence-corrected chi connectivity index (χ3v) is 15.4. The number of unbranched alkanes of at least 4 members (excludes halogenated alkanes) is 4. The van der Waals surface area contributed by atoms with E-state index in [1.165, 1.54) is 25.7 Å². The fourth-order valence-electron chi connectivity index (χ4n) is 3.79. The Labute approximate surface area is 209 Å². The summed E-state index contributed by atoms with van der Waals surface area (Å²) in [7, 11) is -5.68. The molecular formula is C27H56O4Si2. The first-order valence-corrected chi connectivity index (χ1v) is 17.6.